The number of hydrogen-bond donors (Lipinski definition) is 3. The summed E-state index contributed by atoms with van der Waals surface area (Å²) >= 11 is 5.92. The lowest BCUT2D eigenvalue weighted by Crippen LogP contribution is -2.24. The van der Waals surface area contributed by atoms with E-state index in [4.69, 9.17) is 11.6 Å². The van der Waals surface area contributed by atoms with Crippen molar-refractivity contribution in [1.29, 1.82) is 0 Å². The molecular formula is C10H12ClN3O. The second kappa shape index (κ2) is 4.08. The molecule has 0 aliphatic carbocycles. The van der Waals surface area contributed by atoms with Gasteiger partial charge in [-0.05, 0) is 19.1 Å². The summed E-state index contributed by atoms with van der Waals surface area (Å²) in [6.07, 6.45) is 0. The molecule has 0 radical (unpaired) electrons. The van der Waals surface area contributed by atoms with Gasteiger partial charge in [0.1, 0.15) is 0 Å². The third-order valence-corrected chi connectivity index (χ3v) is 2.50. The summed E-state index contributed by atoms with van der Waals surface area (Å²) in [6.45, 7) is 3.14. The number of carbonyl (C=O) groups is 1. The second-order valence-electron chi connectivity index (χ2n) is 3.32. The summed E-state index contributed by atoms with van der Waals surface area (Å²) in [5.41, 5.74) is 8.41. The third kappa shape index (κ3) is 1.91. The molecule has 1 amide bonds. The van der Waals surface area contributed by atoms with Gasteiger partial charge in [0.15, 0.2) is 0 Å². The SMILES string of the molecule is CCNC(=O)c1cc(Cl)cc2c1CNN2. The van der Waals surface area contributed by atoms with E-state index in [9.17, 15) is 4.79 Å². The van der Waals surface area contributed by atoms with Gasteiger partial charge in [-0.3, -0.25) is 4.79 Å². The lowest BCUT2D eigenvalue weighted by atomic mass is 10.1. The molecule has 3 N–H and O–H groups in total. The van der Waals surface area contributed by atoms with Crippen LogP contribution in [0.15, 0.2) is 12.1 Å². The molecule has 1 aliphatic heterocycles. The van der Waals surface area contributed by atoms with Gasteiger partial charge >= 0.3 is 0 Å². The number of halogens is 1. The van der Waals surface area contributed by atoms with Crippen LogP contribution in [0.1, 0.15) is 22.8 Å². The van der Waals surface area contributed by atoms with Crippen molar-refractivity contribution in [3.63, 3.8) is 0 Å². The van der Waals surface area contributed by atoms with Crippen LogP contribution in [-0.4, -0.2) is 12.5 Å². The van der Waals surface area contributed by atoms with E-state index in [1.165, 1.54) is 0 Å². The maximum Gasteiger partial charge on any atom is 0.251 e. The van der Waals surface area contributed by atoms with Crippen molar-refractivity contribution in [2.75, 3.05) is 12.0 Å². The highest BCUT2D eigenvalue weighted by Gasteiger charge is 2.19. The molecule has 4 nitrogen and oxygen atoms in total. The Morgan fingerprint density at radius 3 is 3.13 bits per heavy atom. The predicted octanol–water partition coefficient (Wildman–Crippen LogP) is 1.52. The molecule has 1 heterocycles. The summed E-state index contributed by atoms with van der Waals surface area (Å²) in [4.78, 5) is 11.7. The molecule has 15 heavy (non-hydrogen) atoms. The van der Waals surface area contributed by atoms with E-state index in [1.807, 2.05) is 6.92 Å². The van der Waals surface area contributed by atoms with Crippen LogP contribution in [0, 0.1) is 0 Å². The Morgan fingerprint density at radius 1 is 1.60 bits per heavy atom. The Labute approximate surface area is 93.0 Å². The average Bonchev–Trinajstić information content (AvgIpc) is 2.64. The summed E-state index contributed by atoms with van der Waals surface area (Å²) in [5.74, 6) is -0.0817. The van der Waals surface area contributed by atoms with E-state index in [1.54, 1.807) is 12.1 Å². The zero-order chi connectivity index (χ0) is 10.8. The Kier molecular flexibility index (Phi) is 2.79. The highest BCUT2D eigenvalue weighted by molar-refractivity contribution is 6.31. The van der Waals surface area contributed by atoms with Crippen LogP contribution < -0.4 is 16.2 Å². The molecule has 2 rings (SSSR count). The van der Waals surface area contributed by atoms with Crippen LogP contribution in [0.25, 0.3) is 0 Å². The summed E-state index contributed by atoms with van der Waals surface area (Å²) < 4.78 is 0. The molecule has 0 fully saturated rings. The molecule has 80 valence electrons. The lowest BCUT2D eigenvalue weighted by molar-refractivity contribution is 0.0955. The van der Waals surface area contributed by atoms with Crippen LogP contribution in [0.3, 0.4) is 0 Å². The number of nitrogens with one attached hydrogen (secondary N) is 3. The molecule has 0 bridgehead atoms. The fourth-order valence-corrected chi connectivity index (χ4v) is 1.84. The van der Waals surface area contributed by atoms with Crippen LogP contribution in [0.4, 0.5) is 5.69 Å². The zero-order valence-corrected chi connectivity index (χ0v) is 9.11. The maximum absolute atomic E-state index is 11.7. The number of hydrazine groups is 1. The molecule has 0 atom stereocenters. The van der Waals surface area contributed by atoms with Crippen molar-refractivity contribution in [2.24, 2.45) is 0 Å². The maximum atomic E-state index is 11.7. The van der Waals surface area contributed by atoms with Crippen molar-refractivity contribution in [1.82, 2.24) is 10.7 Å². The Morgan fingerprint density at radius 2 is 2.40 bits per heavy atom. The third-order valence-electron chi connectivity index (χ3n) is 2.28. The molecule has 0 unspecified atom stereocenters. The van der Waals surface area contributed by atoms with Crippen molar-refractivity contribution >= 4 is 23.2 Å². The van der Waals surface area contributed by atoms with Gasteiger partial charge in [0.05, 0.1) is 5.69 Å². The summed E-state index contributed by atoms with van der Waals surface area (Å²) in [7, 11) is 0. The molecule has 0 aromatic heterocycles. The van der Waals surface area contributed by atoms with Gasteiger partial charge in [-0.15, -0.1) is 0 Å². The first-order valence-corrected chi connectivity index (χ1v) is 5.19. The predicted molar refractivity (Wildman–Crippen MR) is 59.9 cm³/mol. The molecule has 0 spiro atoms. The second-order valence-corrected chi connectivity index (χ2v) is 3.75. The minimum absolute atomic E-state index is 0.0817. The van der Waals surface area contributed by atoms with E-state index < -0.39 is 0 Å². The van der Waals surface area contributed by atoms with Crippen molar-refractivity contribution in [2.45, 2.75) is 13.5 Å². The summed E-state index contributed by atoms with van der Waals surface area (Å²) in [6, 6.07) is 3.50. The van der Waals surface area contributed by atoms with E-state index in [2.05, 4.69) is 16.2 Å². The van der Waals surface area contributed by atoms with Gasteiger partial charge < -0.3 is 10.7 Å². The number of benzene rings is 1. The normalized spacial score (nSPS) is 13.2. The van der Waals surface area contributed by atoms with Gasteiger partial charge in [-0.1, -0.05) is 11.6 Å². The van der Waals surface area contributed by atoms with E-state index in [-0.39, 0.29) is 5.91 Å². The topological polar surface area (TPSA) is 53.2 Å². The Hall–Kier alpha value is -1.26. The fourth-order valence-electron chi connectivity index (χ4n) is 1.62. The number of fused-ring (bicyclic) bond motifs is 1. The molecule has 5 heteroatoms. The van der Waals surface area contributed by atoms with Crippen molar-refractivity contribution in [3.05, 3.63) is 28.3 Å². The molecular weight excluding hydrogens is 214 g/mol. The monoisotopic (exact) mass is 225 g/mol. The first kappa shape index (κ1) is 10.3. The molecule has 0 saturated heterocycles. The molecule has 1 aromatic carbocycles. The van der Waals surface area contributed by atoms with Crippen LogP contribution in [0.2, 0.25) is 5.02 Å². The van der Waals surface area contributed by atoms with Gasteiger partial charge in [-0.2, -0.15) is 0 Å². The fraction of sp³-hybridized carbons (Fsp3) is 0.300. The molecule has 0 saturated carbocycles. The van der Waals surface area contributed by atoms with Gasteiger partial charge in [0.25, 0.3) is 5.91 Å². The van der Waals surface area contributed by atoms with Crippen molar-refractivity contribution < 1.29 is 4.79 Å². The minimum Gasteiger partial charge on any atom is -0.352 e. The minimum atomic E-state index is -0.0817. The molecule has 1 aliphatic rings. The van der Waals surface area contributed by atoms with E-state index in [0.29, 0.717) is 23.7 Å². The van der Waals surface area contributed by atoms with Gasteiger partial charge in [0, 0.05) is 29.2 Å². The van der Waals surface area contributed by atoms with E-state index >= 15 is 0 Å². The Bertz CT molecular complexity index is 406. The lowest BCUT2D eigenvalue weighted by Gasteiger charge is -2.07. The number of anilines is 1. The smallest absolute Gasteiger partial charge is 0.251 e. The van der Waals surface area contributed by atoms with Crippen LogP contribution in [-0.2, 0) is 6.54 Å². The largest absolute Gasteiger partial charge is 0.352 e. The number of carbonyl (C=O) groups excluding carboxylic acids is 1. The number of hydrogen-bond acceptors (Lipinski definition) is 3. The number of amides is 1. The van der Waals surface area contributed by atoms with E-state index in [0.717, 1.165) is 11.3 Å². The van der Waals surface area contributed by atoms with Crippen LogP contribution in [0.5, 0.6) is 0 Å². The first-order chi connectivity index (χ1) is 7.22. The molecule has 1 aromatic rings. The van der Waals surface area contributed by atoms with Crippen molar-refractivity contribution in [3.8, 4) is 0 Å². The highest BCUT2D eigenvalue weighted by atomic mass is 35.5. The quantitative estimate of drug-likeness (QED) is 0.716. The Balaban J connectivity index is 2.42. The van der Waals surface area contributed by atoms with Gasteiger partial charge in [-0.25, -0.2) is 5.43 Å². The zero-order valence-electron chi connectivity index (χ0n) is 8.36. The standard InChI is InChI=1S/C10H12ClN3O/c1-2-12-10(15)7-3-6(11)4-9-8(7)5-13-14-9/h3-4,13-14H,2,5H2,1H3,(H,12,15). The summed E-state index contributed by atoms with van der Waals surface area (Å²) in [5, 5.41) is 3.33. The average molecular weight is 226 g/mol. The van der Waals surface area contributed by atoms with Crippen LogP contribution >= 0.6 is 11.6 Å². The highest BCUT2D eigenvalue weighted by Crippen LogP contribution is 2.27. The number of rotatable bonds is 2. The van der Waals surface area contributed by atoms with Gasteiger partial charge in [0.2, 0.25) is 0 Å². The first-order valence-electron chi connectivity index (χ1n) is 4.82.